The molecule has 0 aliphatic carbocycles. The van der Waals surface area contributed by atoms with Gasteiger partial charge < -0.3 is 10.1 Å². The Hall–Kier alpha value is -0.710. The van der Waals surface area contributed by atoms with Crippen molar-refractivity contribution in [3.05, 3.63) is 28.8 Å². The number of thioether (sulfide) groups is 1. The van der Waals surface area contributed by atoms with Crippen LogP contribution < -0.4 is 5.32 Å². The molecule has 3 nitrogen and oxygen atoms in total. The number of hydrogen-bond donors (Lipinski definition) is 1. The molecule has 20 heavy (non-hydrogen) atoms. The van der Waals surface area contributed by atoms with Gasteiger partial charge in [-0.25, -0.2) is 0 Å². The first-order chi connectivity index (χ1) is 9.33. The van der Waals surface area contributed by atoms with Crippen molar-refractivity contribution in [1.82, 2.24) is 5.32 Å². The number of hydrogen-bond acceptors (Lipinski definition) is 4. The van der Waals surface area contributed by atoms with E-state index in [9.17, 15) is 4.79 Å². The molecule has 1 aromatic rings. The fourth-order valence-electron chi connectivity index (χ4n) is 1.55. The topological polar surface area (TPSA) is 38.3 Å². The average molecular weight is 316 g/mol. The first kappa shape index (κ1) is 17.3. The van der Waals surface area contributed by atoms with Gasteiger partial charge in [-0.2, -0.15) is 0 Å². The molecule has 0 fully saturated rings. The molecule has 0 saturated carbocycles. The third-order valence-electron chi connectivity index (χ3n) is 2.64. The molecule has 0 unspecified atom stereocenters. The van der Waals surface area contributed by atoms with Crippen LogP contribution in [0.2, 0.25) is 5.02 Å². The van der Waals surface area contributed by atoms with E-state index in [1.165, 1.54) is 7.11 Å². The van der Waals surface area contributed by atoms with Crippen molar-refractivity contribution < 1.29 is 9.53 Å². The minimum Gasteiger partial charge on any atom is -0.469 e. The Morgan fingerprint density at radius 1 is 1.40 bits per heavy atom. The fraction of sp³-hybridized carbons (Fsp3) is 0.533. The first-order valence-corrected chi connectivity index (χ1v) is 7.92. The van der Waals surface area contributed by atoms with Crippen LogP contribution in [0.15, 0.2) is 23.1 Å². The van der Waals surface area contributed by atoms with Crippen LogP contribution in [0.1, 0.15) is 32.8 Å². The maximum absolute atomic E-state index is 11.1. The van der Waals surface area contributed by atoms with E-state index >= 15 is 0 Å². The van der Waals surface area contributed by atoms with Crippen LogP contribution in [0.5, 0.6) is 0 Å². The van der Waals surface area contributed by atoms with Crippen molar-refractivity contribution in [2.24, 2.45) is 0 Å². The van der Waals surface area contributed by atoms with Crippen molar-refractivity contribution in [2.45, 2.75) is 44.2 Å². The predicted octanol–water partition coefficient (Wildman–Crippen LogP) is 3.88. The Labute approximate surface area is 130 Å². The predicted molar refractivity (Wildman–Crippen MR) is 85.4 cm³/mol. The molecule has 0 heterocycles. The van der Waals surface area contributed by atoms with Crippen LogP contribution in [0.4, 0.5) is 0 Å². The molecule has 0 atom stereocenters. The molecule has 0 spiro atoms. The van der Waals surface area contributed by atoms with Crippen molar-refractivity contribution >= 4 is 29.3 Å². The highest BCUT2D eigenvalue weighted by atomic mass is 35.5. The second-order valence-electron chi connectivity index (χ2n) is 5.51. The SMILES string of the molecule is COC(=O)CCSc1c(Cl)cccc1CNC(C)(C)C. The summed E-state index contributed by atoms with van der Waals surface area (Å²) in [4.78, 5) is 12.2. The number of esters is 1. The van der Waals surface area contributed by atoms with Gasteiger partial charge in [0.2, 0.25) is 0 Å². The maximum atomic E-state index is 11.1. The van der Waals surface area contributed by atoms with Gasteiger partial charge in [0.1, 0.15) is 0 Å². The summed E-state index contributed by atoms with van der Waals surface area (Å²) in [7, 11) is 1.40. The molecule has 5 heteroatoms. The Balaban J connectivity index is 2.70. The molecule has 0 bridgehead atoms. The normalized spacial score (nSPS) is 11.4. The molecule has 0 saturated heterocycles. The lowest BCUT2D eigenvalue weighted by molar-refractivity contribution is -0.140. The molecule has 1 aromatic carbocycles. The highest BCUT2D eigenvalue weighted by Crippen LogP contribution is 2.31. The largest absolute Gasteiger partial charge is 0.469 e. The Kier molecular flexibility index (Phi) is 6.86. The zero-order valence-corrected chi connectivity index (χ0v) is 14.0. The minimum atomic E-state index is -0.195. The highest BCUT2D eigenvalue weighted by Gasteiger charge is 2.13. The molecule has 1 N–H and O–H groups in total. The third kappa shape index (κ3) is 6.16. The quantitative estimate of drug-likeness (QED) is 0.638. The van der Waals surface area contributed by atoms with E-state index in [0.717, 1.165) is 22.0 Å². The monoisotopic (exact) mass is 315 g/mol. The number of carbonyl (C=O) groups excluding carboxylic acids is 1. The molecule has 0 radical (unpaired) electrons. The van der Waals surface area contributed by atoms with E-state index in [-0.39, 0.29) is 11.5 Å². The molecule has 1 rings (SSSR count). The number of ether oxygens (including phenoxy) is 1. The average Bonchev–Trinajstić information content (AvgIpc) is 2.37. The summed E-state index contributed by atoms with van der Waals surface area (Å²) >= 11 is 7.86. The van der Waals surface area contributed by atoms with E-state index in [4.69, 9.17) is 11.6 Å². The van der Waals surface area contributed by atoms with E-state index in [0.29, 0.717) is 12.2 Å². The van der Waals surface area contributed by atoms with Gasteiger partial charge in [-0.15, -0.1) is 11.8 Å². The van der Waals surface area contributed by atoms with Gasteiger partial charge in [0.25, 0.3) is 0 Å². The van der Waals surface area contributed by atoms with E-state index in [2.05, 4.69) is 36.9 Å². The number of rotatable bonds is 6. The Bertz CT molecular complexity index is 458. The van der Waals surface area contributed by atoms with Gasteiger partial charge in [0.15, 0.2) is 0 Å². The first-order valence-electron chi connectivity index (χ1n) is 6.55. The van der Waals surface area contributed by atoms with Crippen LogP contribution in [0.3, 0.4) is 0 Å². The Morgan fingerprint density at radius 2 is 2.10 bits per heavy atom. The van der Waals surface area contributed by atoms with Crippen LogP contribution in [-0.2, 0) is 16.1 Å². The summed E-state index contributed by atoms with van der Waals surface area (Å²) in [5.74, 6) is 0.470. The number of halogens is 1. The molecule has 112 valence electrons. The summed E-state index contributed by atoms with van der Waals surface area (Å²) in [5, 5.41) is 4.18. The Morgan fingerprint density at radius 3 is 2.70 bits per heavy atom. The second-order valence-corrected chi connectivity index (χ2v) is 7.02. The highest BCUT2D eigenvalue weighted by molar-refractivity contribution is 7.99. The van der Waals surface area contributed by atoms with Crippen LogP contribution in [0, 0.1) is 0 Å². The molecular weight excluding hydrogens is 294 g/mol. The summed E-state index contributed by atoms with van der Waals surface area (Å²) in [5.41, 5.74) is 1.21. The maximum Gasteiger partial charge on any atom is 0.306 e. The third-order valence-corrected chi connectivity index (χ3v) is 4.24. The molecular formula is C15H22ClNO2S. The number of methoxy groups -OCH3 is 1. The molecule has 0 aromatic heterocycles. The summed E-state index contributed by atoms with van der Waals surface area (Å²) < 4.78 is 4.64. The van der Waals surface area contributed by atoms with Crippen LogP contribution in [0.25, 0.3) is 0 Å². The summed E-state index contributed by atoms with van der Waals surface area (Å²) in [6.07, 6.45) is 0.387. The van der Waals surface area contributed by atoms with Crippen LogP contribution in [-0.4, -0.2) is 24.4 Å². The zero-order chi connectivity index (χ0) is 15.2. The summed E-state index contributed by atoms with van der Waals surface area (Å²) in [6.45, 7) is 7.13. The molecule has 0 aliphatic heterocycles. The minimum absolute atomic E-state index is 0.0519. The van der Waals surface area contributed by atoms with Crippen molar-refractivity contribution in [1.29, 1.82) is 0 Å². The standard InChI is InChI=1S/C15H22ClNO2S/c1-15(2,3)17-10-11-6-5-7-12(16)14(11)20-9-8-13(18)19-4/h5-7,17H,8-10H2,1-4H3. The van der Waals surface area contributed by atoms with Gasteiger partial charge in [0, 0.05) is 22.7 Å². The van der Waals surface area contributed by atoms with Crippen molar-refractivity contribution in [3.63, 3.8) is 0 Å². The van der Waals surface area contributed by atoms with E-state index in [1.54, 1.807) is 11.8 Å². The van der Waals surface area contributed by atoms with E-state index in [1.807, 2.05) is 12.1 Å². The van der Waals surface area contributed by atoms with Gasteiger partial charge in [-0.3, -0.25) is 4.79 Å². The smallest absolute Gasteiger partial charge is 0.306 e. The number of nitrogens with one attached hydrogen (secondary N) is 1. The van der Waals surface area contributed by atoms with Gasteiger partial charge >= 0.3 is 5.97 Å². The molecule has 0 amide bonds. The van der Waals surface area contributed by atoms with Gasteiger partial charge in [-0.05, 0) is 32.4 Å². The number of benzene rings is 1. The van der Waals surface area contributed by atoms with Crippen LogP contribution >= 0.6 is 23.4 Å². The fourth-order valence-corrected chi connectivity index (χ4v) is 2.92. The lowest BCUT2D eigenvalue weighted by Gasteiger charge is -2.22. The van der Waals surface area contributed by atoms with Gasteiger partial charge in [-0.1, -0.05) is 23.7 Å². The second kappa shape index (κ2) is 7.91. The number of carbonyl (C=O) groups is 1. The summed E-state index contributed by atoms with van der Waals surface area (Å²) in [6, 6.07) is 5.89. The molecule has 0 aliphatic rings. The zero-order valence-electron chi connectivity index (χ0n) is 12.5. The van der Waals surface area contributed by atoms with Gasteiger partial charge in [0.05, 0.1) is 18.6 Å². The van der Waals surface area contributed by atoms with Crippen molar-refractivity contribution in [2.75, 3.05) is 12.9 Å². The lowest BCUT2D eigenvalue weighted by atomic mass is 10.1. The van der Waals surface area contributed by atoms with Crippen molar-refractivity contribution in [3.8, 4) is 0 Å². The van der Waals surface area contributed by atoms with E-state index < -0.39 is 0 Å². The lowest BCUT2D eigenvalue weighted by Crippen LogP contribution is -2.35.